The number of likely N-dealkylation sites (tertiary alicyclic amines) is 1. The third-order valence-corrected chi connectivity index (χ3v) is 6.51. The average molecular weight is 414 g/mol. The highest BCUT2D eigenvalue weighted by Crippen LogP contribution is 2.25. The Morgan fingerprint density at radius 2 is 2.14 bits per heavy atom. The standard InChI is InChI=1S/C22H27N3O3S/c1-16-9-21(13-24-22(16)29(3,26)27)28-15-20-10-17(2)25(14-20)8-7-18-5-4-6-19(11-18)12-23/h4-6,9,11,13,17,20H,7-8,10,14-15H2,1-3H3. The zero-order valence-electron chi connectivity index (χ0n) is 17.1. The summed E-state index contributed by atoms with van der Waals surface area (Å²) in [7, 11) is -3.32. The second kappa shape index (κ2) is 8.93. The Balaban J connectivity index is 1.52. The zero-order valence-corrected chi connectivity index (χ0v) is 17.9. The van der Waals surface area contributed by atoms with Crippen LogP contribution < -0.4 is 4.74 Å². The highest BCUT2D eigenvalue weighted by Gasteiger charge is 2.29. The molecule has 0 aliphatic carbocycles. The van der Waals surface area contributed by atoms with Crippen molar-refractivity contribution in [1.29, 1.82) is 5.26 Å². The summed E-state index contributed by atoms with van der Waals surface area (Å²) in [4.78, 5) is 6.52. The van der Waals surface area contributed by atoms with Gasteiger partial charge in [-0.3, -0.25) is 4.90 Å². The summed E-state index contributed by atoms with van der Waals surface area (Å²) in [6.45, 7) is 6.47. The van der Waals surface area contributed by atoms with Crippen LogP contribution in [0.3, 0.4) is 0 Å². The molecule has 6 nitrogen and oxygen atoms in total. The van der Waals surface area contributed by atoms with E-state index in [0.717, 1.165) is 32.2 Å². The van der Waals surface area contributed by atoms with Crippen LogP contribution >= 0.6 is 0 Å². The van der Waals surface area contributed by atoms with Gasteiger partial charge in [-0.15, -0.1) is 0 Å². The van der Waals surface area contributed by atoms with Gasteiger partial charge >= 0.3 is 0 Å². The molecule has 0 N–H and O–H groups in total. The van der Waals surface area contributed by atoms with E-state index >= 15 is 0 Å². The minimum absolute atomic E-state index is 0.103. The Morgan fingerprint density at radius 3 is 2.83 bits per heavy atom. The predicted molar refractivity (Wildman–Crippen MR) is 112 cm³/mol. The summed E-state index contributed by atoms with van der Waals surface area (Å²) in [6, 6.07) is 12.2. The second-order valence-electron chi connectivity index (χ2n) is 7.88. The van der Waals surface area contributed by atoms with Crippen LogP contribution in [0.2, 0.25) is 0 Å². The van der Waals surface area contributed by atoms with Crippen molar-refractivity contribution in [2.75, 3.05) is 26.0 Å². The number of ether oxygens (including phenoxy) is 1. The van der Waals surface area contributed by atoms with E-state index in [-0.39, 0.29) is 5.03 Å². The monoisotopic (exact) mass is 413 g/mol. The topological polar surface area (TPSA) is 83.3 Å². The Morgan fingerprint density at radius 1 is 1.34 bits per heavy atom. The smallest absolute Gasteiger partial charge is 0.193 e. The van der Waals surface area contributed by atoms with Gasteiger partial charge in [-0.05, 0) is 56.0 Å². The highest BCUT2D eigenvalue weighted by molar-refractivity contribution is 7.90. The molecule has 2 atom stereocenters. The van der Waals surface area contributed by atoms with Gasteiger partial charge in [0.25, 0.3) is 0 Å². The summed E-state index contributed by atoms with van der Waals surface area (Å²) in [5.41, 5.74) is 2.49. The van der Waals surface area contributed by atoms with Gasteiger partial charge in [-0.1, -0.05) is 12.1 Å². The van der Waals surface area contributed by atoms with Crippen molar-refractivity contribution in [2.24, 2.45) is 5.92 Å². The van der Waals surface area contributed by atoms with Crippen molar-refractivity contribution >= 4 is 9.84 Å². The van der Waals surface area contributed by atoms with E-state index in [1.807, 2.05) is 18.2 Å². The lowest BCUT2D eigenvalue weighted by molar-refractivity contribution is 0.233. The number of pyridine rings is 1. The Bertz CT molecular complexity index is 1010. The van der Waals surface area contributed by atoms with Crippen molar-refractivity contribution in [1.82, 2.24) is 9.88 Å². The first-order valence-electron chi connectivity index (χ1n) is 9.79. The summed E-state index contributed by atoms with van der Waals surface area (Å²) < 4.78 is 29.3. The van der Waals surface area contributed by atoms with Crippen LogP contribution in [0.1, 0.15) is 30.0 Å². The number of rotatable bonds is 7. The number of nitriles is 1. The molecule has 1 aliphatic rings. The molecule has 1 fully saturated rings. The molecule has 1 saturated heterocycles. The number of hydrogen-bond donors (Lipinski definition) is 0. The number of nitrogens with zero attached hydrogens (tertiary/aromatic N) is 3. The lowest BCUT2D eigenvalue weighted by Crippen LogP contribution is -2.29. The second-order valence-corrected chi connectivity index (χ2v) is 9.82. The Kier molecular flexibility index (Phi) is 6.56. The summed E-state index contributed by atoms with van der Waals surface area (Å²) in [6.07, 6.45) is 4.63. The van der Waals surface area contributed by atoms with Crippen molar-refractivity contribution < 1.29 is 13.2 Å². The van der Waals surface area contributed by atoms with Crippen LogP contribution in [-0.4, -0.2) is 50.3 Å². The van der Waals surface area contributed by atoms with Gasteiger partial charge < -0.3 is 4.74 Å². The van der Waals surface area contributed by atoms with E-state index in [1.165, 1.54) is 11.8 Å². The molecule has 1 aliphatic heterocycles. The molecule has 3 rings (SSSR count). The van der Waals surface area contributed by atoms with Gasteiger partial charge in [-0.25, -0.2) is 13.4 Å². The number of aryl methyl sites for hydroxylation is 1. The molecule has 29 heavy (non-hydrogen) atoms. The van der Waals surface area contributed by atoms with E-state index in [1.54, 1.807) is 13.0 Å². The first-order chi connectivity index (χ1) is 13.8. The maximum atomic E-state index is 11.7. The Labute approximate surface area is 173 Å². The minimum Gasteiger partial charge on any atom is -0.492 e. The van der Waals surface area contributed by atoms with Gasteiger partial charge in [0, 0.05) is 31.3 Å². The third kappa shape index (κ3) is 5.55. The van der Waals surface area contributed by atoms with Crippen LogP contribution in [0.15, 0.2) is 41.6 Å². The average Bonchev–Trinajstić information content (AvgIpc) is 3.03. The van der Waals surface area contributed by atoms with Crippen LogP contribution in [-0.2, 0) is 16.3 Å². The van der Waals surface area contributed by atoms with Crippen molar-refractivity contribution in [3.63, 3.8) is 0 Å². The highest BCUT2D eigenvalue weighted by atomic mass is 32.2. The van der Waals surface area contributed by atoms with Gasteiger partial charge in [-0.2, -0.15) is 5.26 Å². The van der Waals surface area contributed by atoms with Crippen LogP contribution in [0.4, 0.5) is 0 Å². The molecular formula is C22H27N3O3S. The molecule has 2 aromatic rings. The molecule has 2 heterocycles. The first kappa shape index (κ1) is 21.3. The largest absolute Gasteiger partial charge is 0.492 e. The molecule has 1 aromatic heterocycles. The fourth-order valence-corrected chi connectivity index (χ4v) is 4.82. The van der Waals surface area contributed by atoms with Crippen LogP contribution in [0, 0.1) is 24.2 Å². The summed E-state index contributed by atoms with van der Waals surface area (Å²) in [5.74, 6) is 1.03. The number of benzene rings is 1. The molecule has 154 valence electrons. The van der Waals surface area contributed by atoms with Crippen molar-refractivity contribution in [3.8, 4) is 11.8 Å². The van der Waals surface area contributed by atoms with Gasteiger partial charge in [0.15, 0.2) is 14.9 Å². The van der Waals surface area contributed by atoms with Crippen LogP contribution in [0.25, 0.3) is 0 Å². The number of sulfone groups is 1. The number of hydrogen-bond acceptors (Lipinski definition) is 6. The van der Waals surface area contributed by atoms with Crippen molar-refractivity contribution in [2.45, 2.75) is 37.8 Å². The third-order valence-electron chi connectivity index (χ3n) is 5.38. The quantitative estimate of drug-likeness (QED) is 0.694. The molecule has 1 aromatic carbocycles. The summed E-state index contributed by atoms with van der Waals surface area (Å²) in [5, 5.41) is 9.14. The SMILES string of the molecule is Cc1cc(OCC2CC(C)N(CCc3cccc(C#N)c3)C2)cnc1S(C)(=O)=O. The lowest BCUT2D eigenvalue weighted by Gasteiger charge is -2.21. The van der Waals surface area contributed by atoms with Gasteiger partial charge in [0.2, 0.25) is 0 Å². The molecule has 0 radical (unpaired) electrons. The Hall–Kier alpha value is -2.43. The minimum atomic E-state index is -3.32. The molecule has 2 unspecified atom stereocenters. The molecule has 7 heteroatoms. The molecule has 0 amide bonds. The zero-order chi connectivity index (χ0) is 21.0. The van der Waals surface area contributed by atoms with E-state index in [9.17, 15) is 8.42 Å². The molecule has 0 bridgehead atoms. The van der Waals surface area contributed by atoms with E-state index in [4.69, 9.17) is 10.00 Å². The van der Waals surface area contributed by atoms with Gasteiger partial charge in [0.05, 0.1) is 24.4 Å². The fraction of sp³-hybridized carbons (Fsp3) is 0.455. The van der Waals surface area contributed by atoms with E-state index in [2.05, 4.69) is 28.9 Å². The summed E-state index contributed by atoms with van der Waals surface area (Å²) >= 11 is 0. The lowest BCUT2D eigenvalue weighted by atomic mass is 10.1. The predicted octanol–water partition coefficient (Wildman–Crippen LogP) is 3.00. The fourth-order valence-electron chi connectivity index (χ4n) is 3.94. The molecule has 0 spiro atoms. The maximum Gasteiger partial charge on any atom is 0.193 e. The first-order valence-corrected chi connectivity index (χ1v) is 11.7. The van der Waals surface area contributed by atoms with Crippen LogP contribution in [0.5, 0.6) is 5.75 Å². The number of aromatic nitrogens is 1. The normalized spacial score (nSPS) is 19.8. The van der Waals surface area contributed by atoms with Gasteiger partial charge in [0.1, 0.15) is 5.75 Å². The molecule has 0 saturated carbocycles. The maximum absolute atomic E-state index is 11.7. The molecular weight excluding hydrogens is 386 g/mol. The van der Waals surface area contributed by atoms with Crippen molar-refractivity contribution in [3.05, 3.63) is 53.2 Å². The van der Waals surface area contributed by atoms with E-state index in [0.29, 0.717) is 35.4 Å². The van der Waals surface area contributed by atoms with E-state index < -0.39 is 9.84 Å².